The molecule has 0 heterocycles. The lowest BCUT2D eigenvalue weighted by Crippen LogP contribution is -2.42. The molecule has 0 saturated carbocycles. The molecular formula is C24H35NO5Si. The zero-order valence-electron chi connectivity index (χ0n) is 19.1. The molecule has 1 unspecified atom stereocenters. The molecule has 0 radical (unpaired) electrons. The monoisotopic (exact) mass is 445 g/mol. The van der Waals surface area contributed by atoms with Gasteiger partial charge in [-0.3, -0.25) is 9.69 Å². The third kappa shape index (κ3) is 8.55. The molecule has 0 aromatic heterocycles. The largest absolute Gasteiger partial charge is 0.500 e. The van der Waals surface area contributed by atoms with E-state index >= 15 is 0 Å². The summed E-state index contributed by atoms with van der Waals surface area (Å²) in [6.07, 6.45) is 0.637. The number of esters is 1. The average molecular weight is 446 g/mol. The topological polar surface area (TPSA) is 57.2 Å². The standard InChI is InChI=1S/C24H35NO5Si/c1-21(24(26)30-16-11-17-31(27-2,28-3)29-4)18-25(19-22-12-7-5-8-13-22)20-23-14-9-6-10-15-23/h5-10,12-15,21H,11,16-20H2,1-4H3. The van der Waals surface area contributed by atoms with Crippen LogP contribution in [0.15, 0.2) is 60.7 Å². The van der Waals surface area contributed by atoms with Crippen LogP contribution in [0.5, 0.6) is 0 Å². The summed E-state index contributed by atoms with van der Waals surface area (Å²) < 4.78 is 21.7. The van der Waals surface area contributed by atoms with E-state index in [2.05, 4.69) is 29.2 Å². The predicted molar refractivity (Wildman–Crippen MR) is 123 cm³/mol. The highest BCUT2D eigenvalue weighted by molar-refractivity contribution is 6.60. The van der Waals surface area contributed by atoms with Crippen LogP contribution >= 0.6 is 0 Å². The van der Waals surface area contributed by atoms with Crippen molar-refractivity contribution in [1.82, 2.24) is 4.90 Å². The molecule has 0 spiro atoms. The van der Waals surface area contributed by atoms with Gasteiger partial charge in [-0.2, -0.15) is 0 Å². The third-order valence-corrected chi connectivity index (χ3v) is 8.07. The molecule has 0 N–H and O–H groups in total. The van der Waals surface area contributed by atoms with Crippen molar-refractivity contribution >= 4 is 14.8 Å². The van der Waals surface area contributed by atoms with Crippen molar-refractivity contribution in [1.29, 1.82) is 0 Å². The Labute approximate surface area is 187 Å². The van der Waals surface area contributed by atoms with Crippen LogP contribution in [0.25, 0.3) is 0 Å². The van der Waals surface area contributed by atoms with Crippen LogP contribution < -0.4 is 0 Å². The fourth-order valence-electron chi connectivity index (χ4n) is 3.49. The fraction of sp³-hybridized carbons (Fsp3) is 0.458. The fourth-order valence-corrected chi connectivity index (χ4v) is 5.18. The highest BCUT2D eigenvalue weighted by Gasteiger charge is 2.37. The number of benzene rings is 2. The molecule has 1 atom stereocenters. The number of rotatable bonds is 14. The summed E-state index contributed by atoms with van der Waals surface area (Å²) in [5.41, 5.74) is 2.44. The molecule has 2 aromatic carbocycles. The van der Waals surface area contributed by atoms with E-state index in [-0.39, 0.29) is 11.9 Å². The highest BCUT2D eigenvalue weighted by Crippen LogP contribution is 2.16. The summed E-state index contributed by atoms with van der Waals surface area (Å²) in [4.78, 5) is 14.9. The SMILES string of the molecule is CO[Si](CCCOC(=O)C(C)CN(Cc1ccccc1)Cc1ccccc1)(OC)OC. The summed E-state index contributed by atoms with van der Waals surface area (Å²) in [5, 5.41) is 0. The minimum absolute atomic E-state index is 0.189. The van der Waals surface area contributed by atoms with Crippen molar-refractivity contribution in [3.05, 3.63) is 71.8 Å². The van der Waals surface area contributed by atoms with Gasteiger partial charge < -0.3 is 18.0 Å². The lowest BCUT2D eigenvalue weighted by molar-refractivity contribution is -0.148. The van der Waals surface area contributed by atoms with Crippen molar-refractivity contribution < 1.29 is 22.8 Å². The lowest BCUT2D eigenvalue weighted by Gasteiger charge is -2.26. The van der Waals surface area contributed by atoms with Gasteiger partial charge in [-0.15, -0.1) is 0 Å². The second-order valence-electron chi connectivity index (χ2n) is 7.61. The normalized spacial score (nSPS) is 12.7. The second kappa shape index (κ2) is 13.4. The maximum Gasteiger partial charge on any atom is 0.500 e. The first kappa shape index (κ1) is 25.2. The first-order valence-corrected chi connectivity index (χ1v) is 12.6. The number of ether oxygens (including phenoxy) is 1. The zero-order chi connectivity index (χ0) is 22.5. The third-order valence-electron chi connectivity index (χ3n) is 5.24. The van der Waals surface area contributed by atoms with Gasteiger partial charge in [0.2, 0.25) is 0 Å². The Balaban J connectivity index is 1.89. The van der Waals surface area contributed by atoms with Gasteiger partial charge in [-0.1, -0.05) is 67.6 Å². The van der Waals surface area contributed by atoms with Gasteiger partial charge in [0.25, 0.3) is 0 Å². The minimum Gasteiger partial charge on any atom is -0.465 e. The van der Waals surface area contributed by atoms with Crippen molar-refractivity contribution in [3.8, 4) is 0 Å². The summed E-state index contributed by atoms with van der Waals surface area (Å²) in [6.45, 7) is 4.42. The van der Waals surface area contributed by atoms with E-state index in [4.69, 9.17) is 18.0 Å². The maximum absolute atomic E-state index is 12.6. The first-order valence-electron chi connectivity index (χ1n) is 10.6. The molecule has 2 rings (SSSR count). The van der Waals surface area contributed by atoms with Gasteiger partial charge in [0.15, 0.2) is 0 Å². The maximum atomic E-state index is 12.6. The Morgan fingerprint density at radius 2 is 1.35 bits per heavy atom. The van der Waals surface area contributed by atoms with Crippen molar-refractivity contribution in [2.24, 2.45) is 5.92 Å². The van der Waals surface area contributed by atoms with Crippen LogP contribution in [0.2, 0.25) is 6.04 Å². The smallest absolute Gasteiger partial charge is 0.465 e. The van der Waals surface area contributed by atoms with E-state index < -0.39 is 8.80 Å². The van der Waals surface area contributed by atoms with E-state index in [1.165, 1.54) is 11.1 Å². The molecule has 2 aromatic rings. The van der Waals surface area contributed by atoms with E-state index in [1.807, 2.05) is 43.3 Å². The Hall–Kier alpha value is -2.03. The van der Waals surface area contributed by atoms with Crippen LogP contribution in [0.3, 0.4) is 0 Å². The molecule has 0 aliphatic heterocycles. The van der Waals surface area contributed by atoms with Gasteiger partial charge >= 0.3 is 14.8 Å². The van der Waals surface area contributed by atoms with Crippen LogP contribution in [0.4, 0.5) is 0 Å². The Morgan fingerprint density at radius 1 is 0.871 bits per heavy atom. The molecule has 0 bridgehead atoms. The quantitative estimate of drug-likeness (QED) is 0.248. The van der Waals surface area contributed by atoms with Crippen LogP contribution in [0.1, 0.15) is 24.5 Å². The van der Waals surface area contributed by atoms with Gasteiger partial charge in [-0.25, -0.2) is 0 Å². The molecule has 31 heavy (non-hydrogen) atoms. The summed E-state index contributed by atoms with van der Waals surface area (Å²) in [6, 6.07) is 21.2. The van der Waals surface area contributed by atoms with Crippen molar-refractivity contribution in [2.45, 2.75) is 32.5 Å². The Kier molecular flexibility index (Phi) is 10.9. The Bertz CT molecular complexity index is 705. The lowest BCUT2D eigenvalue weighted by atomic mass is 10.1. The van der Waals surface area contributed by atoms with E-state index in [1.54, 1.807) is 21.3 Å². The summed E-state index contributed by atoms with van der Waals surface area (Å²) >= 11 is 0. The van der Waals surface area contributed by atoms with E-state index in [0.717, 1.165) is 13.1 Å². The molecule has 0 aliphatic rings. The number of carbonyl (C=O) groups is 1. The van der Waals surface area contributed by atoms with E-state index in [9.17, 15) is 4.79 Å². The molecule has 7 heteroatoms. The molecule has 6 nitrogen and oxygen atoms in total. The molecular weight excluding hydrogens is 410 g/mol. The molecule has 0 fully saturated rings. The van der Waals surface area contributed by atoms with Crippen molar-refractivity contribution in [2.75, 3.05) is 34.5 Å². The first-order chi connectivity index (χ1) is 15.0. The molecule has 0 aliphatic carbocycles. The zero-order valence-corrected chi connectivity index (χ0v) is 20.1. The average Bonchev–Trinajstić information content (AvgIpc) is 2.81. The van der Waals surface area contributed by atoms with Crippen molar-refractivity contribution in [3.63, 3.8) is 0 Å². The number of carbonyl (C=O) groups excluding carboxylic acids is 1. The van der Waals surface area contributed by atoms with Gasteiger partial charge in [0.1, 0.15) is 0 Å². The molecule has 0 saturated heterocycles. The van der Waals surface area contributed by atoms with Crippen LogP contribution in [-0.2, 0) is 35.9 Å². The van der Waals surface area contributed by atoms with Gasteiger partial charge in [0.05, 0.1) is 12.5 Å². The number of hydrogen-bond donors (Lipinski definition) is 0. The summed E-state index contributed by atoms with van der Waals surface area (Å²) in [5.74, 6) is -0.424. The molecule has 170 valence electrons. The minimum atomic E-state index is -2.63. The summed E-state index contributed by atoms with van der Waals surface area (Å²) in [7, 11) is 2.13. The number of nitrogens with zero attached hydrogens (tertiary/aromatic N) is 1. The molecule has 0 amide bonds. The van der Waals surface area contributed by atoms with Crippen LogP contribution in [-0.4, -0.2) is 54.2 Å². The Morgan fingerprint density at radius 3 is 1.81 bits per heavy atom. The highest BCUT2D eigenvalue weighted by atomic mass is 28.4. The van der Waals surface area contributed by atoms with Crippen LogP contribution in [0, 0.1) is 5.92 Å². The van der Waals surface area contributed by atoms with E-state index in [0.29, 0.717) is 25.6 Å². The van der Waals surface area contributed by atoms with Gasteiger partial charge in [-0.05, 0) is 17.5 Å². The second-order valence-corrected chi connectivity index (χ2v) is 10.7. The predicted octanol–water partition coefficient (Wildman–Crippen LogP) is 4.14. The number of hydrogen-bond acceptors (Lipinski definition) is 6. The van der Waals surface area contributed by atoms with Gasteiger partial charge in [0, 0.05) is 47.0 Å².